The number of guanidine groups is 1. The monoisotopic (exact) mass is 346 g/mol. The average Bonchev–Trinajstić information content (AvgIpc) is 3.02. The van der Waals surface area contributed by atoms with Crippen LogP contribution >= 0.6 is 0 Å². The molecular formula is C18H30N6O. The molecule has 1 unspecified atom stereocenters. The maximum atomic E-state index is 5.79. The van der Waals surface area contributed by atoms with E-state index in [4.69, 9.17) is 4.74 Å². The van der Waals surface area contributed by atoms with Crippen LogP contribution in [0.3, 0.4) is 0 Å². The first-order chi connectivity index (χ1) is 12.2. The Morgan fingerprint density at radius 2 is 2.08 bits per heavy atom. The molecule has 2 aromatic rings. The molecule has 25 heavy (non-hydrogen) atoms. The van der Waals surface area contributed by atoms with Gasteiger partial charge in [-0.15, -0.1) is 10.2 Å². The number of nitrogens with one attached hydrogen (secondary N) is 2. The van der Waals surface area contributed by atoms with Gasteiger partial charge in [0.15, 0.2) is 17.4 Å². The highest BCUT2D eigenvalue weighted by atomic mass is 16.5. The molecule has 0 bridgehead atoms. The van der Waals surface area contributed by atoms with E-state index >= 15 is 0 Å². The Kier molecular flexibility index (Phi) is 7.66. The van der Waals surface area contributed by atoms with Gasteiger partial charge in [-0.1, -0.05) is 19.9 Å². The zero-order chi connectivity index (χ0) is 18.1. The highest BCUT2D eigenvalue weighted by Crippen LogP contribution is 2.10. The lowest BCUT2D eigenvalue weighted by Gasteiger charge is -2.21. The highest BCUT2D eigenvalue weighted by Gasteiger charge is 2.13. The van der Waals surface area contributed by atoms with Gasteiger partial charge in [0.25, 0.3) is 0 Å². The van der Waals surface area contributed by atoms with Crippen molar-refractivity contribution < 1.29 is 4.74 Å². The molecule has 0 saturated heterocycles. The van der Waals surface area contributed by atoms with Crippen LogP contribution in [0.15, 0.2) is 29.4 Å². The number of hydrogen-bond acceptors (Lipinski definition) is 4. The van der Waals surface area contributed by atoms with Crippen LogP contribution in [0.2, 0.25) is 0 Å². The minimum atomic E-state index is 0.265. The second kappa shape index (κ2) is 9.98. The predicted octanol–water partition coefficient (Wildman–Crippen LogP) is 2.24. The van der Waals surface area contributed by atoms with Crippen molar-refractivity contribution in [3.8, 4) is 0 Å². The minimum absolute atomic E-state index is 0.265. The summed E-state index contributed by atoms with van der Waals surface area (Å²) < 4.78 is 7.75. The van der Waals surface area contributed by atoms with Crippen molar-refractivity contribution in [2.24, 2.45) is 10.9 Å². The molecule has 7 nitrogen and oxygen atoms in total. The van der Waals surface area contributed by atoms with Gasteiger partial charge in [-0.25, -0.2) is 4.99 Å². The summed E-state index contributed by atoms with van der Waals surface area (Å²) in [5.41, 5.74) is 0.835. The molecule has 0 amide bonds. The molecule has 0 fully saturated rings. The summed E-state index contributed by atoms with van der Waals surface area (Å²) in [6.45, 7) is 11.3. The lowest BCUT2D eigenvalue weighted by molar-refractivity contribution is 0.0258. The average molecular weight is 346 g/mol. The van der Waals surface area contributed by atoms with E-state index < -0.39 is 0 Å². The van der Waals surface area contributed by atoms with Gasteiger partial charge in [-0.3, -0.25) is 4.40 Å². The number of pyridine rings is 1. The van der Waals surface area contributed by atoms with Crippen LogP contribution in [0, 0.1) is 5.92 Å². The number of aliphatic imine (C=N–C) groups is 1. The third-order valence-corrected chi connectivity index (χ3v) is 3.95. The summed E-state index contributed by atoms with van der Waals surface area (Å²) in [4.78, 5) is 4.62. The molecule has 0 radical (unpaired) electrons. The molecule has 0 aromatic carbocycles. The second-order valence-corrected chi connectivity index (χ2v) is 6.19. The largest absolute Gasteiger partial charge is 0.378 e. The molecule has 2 heterocycles. The summed E-state index contributed by atoms with van der Waals surface area (Å²) in [6.07, 6.45) is 3.17. The molecule has 0 saturated carbocycles. The van der Waals surface area contributed by atoms with Crippen molar-refractivity contribution in [2.75, 3.05) is 19.7 Å². The standard InChI is InChI=1S/C18H30N6O/c1-5-19-18(20-11-10-15(14(3)4)25-6-2)21-13-17-23-22-16-9-7-8-12-24(16)17/h7-9,12,14-15H,5-6,10-11,13H2,1-4H3,(H2,19,20,21). The van der Waals surface area contributed by atoms with Crippen LogP contribution < -0.4 is 10.6 Å². The molecule has 2 aromatic heterocycles. The van der Waals surface area contributed by atoms with E-state index in [9.17, 15) is 0 Å². The van der Waals surface area contributed by atoms with Crippen LogP contribution in [0.5, 0.6) is 0 Å². The van der Waals surface area contributed by atoms with E-state index in [-0.39, 0.29) is 6.10 Å². The van der Waals surface area contributed by atoms with E-state index in [0.29, 0.717) is 12.5 Å². The van der Waals surface area contributed by atoms with Crippen LogP contribution in [0.4, 0.5) is 0 Å². The summed E-state index contributed by atoms with van der Waals surface area (Å²) >= 11 is 0. The first kappa shape index (κ1) is 19.2. The maximum absolute atomic E-state index is 5.79. The second-order valence-electron chi connectivity index (χ2n) is 6.19. The van der Waals surface area contributed by atoms with Gasteiger partial charge in [0, 0.05) is 25.9 Å². The normalized spacial score (nSPS) is 13.4. The Balaban J connectivity index is 1.94. The molecule has 0 aliphatic rings. The SMILES string of the molecule is CCNC(=NCc1nnc2ccccn12)NCCC(OCC)C(C)C. The Labute approximate surface area is 149 Å². The Morgan fingerprint density at radius 1 is 1.24 bits per heavy atom. The third kappa shape index (κ3) is 5.70. The Morgan fingerprint density at radius 3 is 2.80 bits per heavy atom. The van der Waals surface area contributed by atoms with Crippen LogP contribution in [0.1, 0.15) is 39.9 Å². The zero-order valence-corrected chi connectivity index (χ0v) is 15.7. The summed E-state index contributed by atoms with van der Waals surface area (Å²) in [5.74, 6) is 2.11. The molecule has 2 rings (SSSR count). The van der Waals surface area contributed by atoms with Crippen molar-refractivity contribution in [2.45, 2.75) is 46.8 Å². The molecule has 138 valence electrons. The first-order valence-electron chi connectivity index (χ1n) is 9.08. The van der Waals surface area contributed by atoms with Crippen LogP contribution in [-0.2, 0) is 11.3 Å². The van der Waals surface area contributed by atoms with Gasteiger partial charge in [0.1, 0.15) is 6.54 Å². The van der Waals surface area contributed by atoms with Crippen molar-refractivity contribution in [3.63, 3.8) is 0 Å². The minimum Gasteiger partial charge on any atom is -0.378 e. The van der Waals surface area contributed by atoms with Crippen molar-refractivity contribution in [1.29, 1.82) is 0 Å². The summed E-state index contributed by atoms with van der Waals surface area (Å²) in [5, 5.41) is 15.0. The van der Waals surface area contributed by atoms with Crippen LogP contribution in [-0.4, -0.2) is 46.4 Å². The van der Waals surface area contributed by atoms with Gasteiger partial charge < -0.3 is 15.4 Å². The lowest BCUT2D eigenvalue weighted by Crippen LogP contribution is -2.39. The number of ether oxygens (including phenoxy) is 1. The predicted molar refractivity (Wildman–Crippen MR) is 101 cm³/mol. The quantitative estimate of drug-likeness (QED) is 0.538. The number of rotatable bonds is 9. The van der Waals surface area contributed by atoms with E-state index in [0.717, 1.165) is 43.5 Å². The topological polar surface area (TPSA) is 75.8 Å². The third-order valence-electron chi connectivity index (χ3n) is 3.95. The number of fused-ring (bicyclic) bond motifs is 1. The molecule has 7 heteroatoms. The van der Waals surface area contributed by atoms with Crippen molar-refractivity contribution >= 4 is 11.6 Å². The van der Waals surface area contributed by atoms with E-state index in [2.05, 4.69) is 46.6 Å². The van der Waals surface area contributed by atoms with Gasteiger partial charge in [0.05, 0.1) is 6.10 Å². The number of hydrogen-bond donors (Lipinski definition) is 2. The lowest BCUT2D eigenvalue weighted by atomic mass is 10.0. The molecular weight excluding hydrogens is 316 g/mol. The van der Waals surface area contributed by atoms with Crippen molar-refractivity contribution in [3.05, 3.63) is 30.2 Å². The Hall–Kier alpha value is -2.15. The molecule has 0 aliphatic carbocycles. The molecule has 0 aliphatic heterocycles. The fraction of sp³-hybridized carbons (Fsp3) is 0.611. The van der Waals surface area contributed by atoms with E-state index in [1.165, 1.54) is 0 Å². The van der Waals surface area contributed by atoms with Gasteiger partial charge in [-0.05, 0) is 38.3 Å². The summed E-state index contributed by atoms with van der Waals surface area (Å²) in [7, 11) is 0. The van der Waals surface area contributed by atoms with E-state index in [1.54, 1.807) is 0 Å². The molecule has 2 N–H and O–H groups in total. The van der Waals surface area contributed by atoms with Gasteiger partial charge in [-0.2, -0.15) is 0 Å². The van der Waals surface area contributed by atoms with Gasteiger partial charge in [0.2, 0.25) is 0 Å². The molecule has 1 atom stereocenters. The molecule has 0 spiro atoms. The summed E-state index contributed by atoms with van der Waals surface area (Å²) in [6, 6.07) is 5.85. The van der Waals surface area contributed by atoms with Gasteiger partial charge >= 0.3 is 0 Å². The van der Waals surface area contributed by atoms with Crippen LogP contribution in [0.25, 0.3) is 5.65 Å². The smallest absolute Gasteiger partial charge is 0.191 e. The van der Waals surface area contributed by atoms with E-state index in [1.807, 2.05) is 35.7 Å². The van der Waals surface area contributed by atoms with Crippen molar-refractivity contribution in [1.82, 2.24) is 25.2 Å². The maximum Gasteiger partial charge on any atom is 0.191 e. The number of aromatic nitrogens is 3. The fourth-order valence-corrected chi connectivity index (χ4v) is 2.65. The zero-order valence-electron chi connectivity index (χ0n) is 15.7. The highest BCUT2D eigenvalue weighted by molar-refractivity contribution is 5.79. The first-order valence-corrected chi connectivity index (χ1v) is 9.08. The fourth-order valence-electron chi connectivity index (χ4n) is 2.65. The number of nitrogens with zero attached hydrogens (tertiary/aromatic N) is 4. The Bertz CT molecular complexity index is 666.